The molecule has 0 bridgehead atoms. The maximum Gasteiger partial charge on any atom is 0.326 e. The van der Waals surface area contributed by atoms with E-state index in [4.69, 9.17) is 4.74 Å². The zero-order chi connectivity index (χ0) is 31.0. The molecule has 0 aliphatic carbocycles. The lowest BCUT2D eigenvalue weighted by Gasteiger charge is -2.24. The van der Waals surface area contributed by atoms with Crippen LogP contribution in [-0.2, 0) is 27.2 Å². The largest absolute Gasteiger partial charge is 0.480 e. The van der Waals surface area contributed by atoms with Crippen molar-refractivity contribution < 1.29 is 33.0 Å². The monoisotopic (exact) mass is 597 g/mol. The van der Waals surface area contributed by atoms with E-state index >= 15 is 0 Å². The van der Waals surface area contributed by atoms with Gasteiger partial charge in [-0.2, -0.15) is 11.8 Å². The molecule has 0 saturated heterocycles. The summed E-state index contributed by atoms with van der Waals surface area (Å²) in [6.45, 7) is 7.15. The summed E-state index contributed by atoms with van der Waals surface area (Å²) in [5, 5.41) is 12.3. The van der Waals surface area contributed by atoms with Crippen molar-refractivity contribution in [1.82, 2.24) is 5.32 Å². The molecule has 0 radical (unpaired) electrons. The summed E-state index contributed by atoms with van der Waals surface area (Å²) in [7, 11) is 0. The molecule has 0 aliphatic heterocycles. The summed E-state index contributed by atoms with van der Waals surface area (Å²) in [5.74, 6) is -3.80. The first-order chi connectivity index (χ1) is 19.8. The Balaban J connectivity index is 2.03. The lowest BCUT2D eigenvalue weighted by molar-refractivity contribution is -0.160. The van der Waals surface area contributed by atoms with Gasteiger partial charge in [-0.3, -0.25) is 9.59 Å². The van der Waals surface area contributed by atoms with E-state index in [9.17, 15) is 28.3 Å². The maximum atomic E-state index is 14.0. The Morgan fingerprint density at radius 1 is 0.929 bits per heavy atom. The molecule has 2 atom stereocenters. The summed E-state index contributed by atoms with van der Waals surface area (Å²) in [6, 6.07) is 14.8. The number of carboxylic acid groups (broad SMARTS) is 1. The van der Waals surface area contributed by atoms with Gasteiger partial charge < -0.3 is 15.2 Å². The van der Waals surface area contributed by atoms with Crippen LogP contribution in [0.15, 0.2) is 60.7 Å². The molecule has 3 aromatic carbocycles. The molecule has 42 heavy (non-hydrogen) atoms. The number of rotatable bonds is 12. The predicted octanol–water partition coefficient (Wildman–Crippen LogP) is 6.62. The number of nitrogens with one attached hydrogen (secondary N) is 1. The highest BCUT2D eigenvalue weighted by atomic mass is 32.2. The highest BCUT2D eigenvalue weighted by Crippen LogP contribution is 2.30. The van der Waals surface area contributed by atoms with Gasteiger partial charge >= 0.3 is 11.9 Å². The van der Waals surface area contributed by atoms with E-state index in [-0.39, 0.29) is 19.3 Å². The van der Waals surface area contributed by atoms with Crippen LogP contribution in [0.3, 0.4) is 0 Å². The van der Waals surface area contributed by atoms with Gasteiger partial charge in [0.1, 0.15) is 23.3 Å². The number of aryl methyl sites for hydroxylation is 1. The van der Waals surface area contributed by atoms with Crippen LogP contribution >= 0.6 is 11.8 Å². The molecule has 0 spiro atoms. The zero-order valence-electron chi connectivity index (χ0n) is 24.5. The summed E-state index contributed by atoms with van der Waals surface area (Å²) in [4.78, 5) is 38.5. The Hall–Kier alpha value is -3.72. The van der Waals surface area contributed by atoms with Crippen LogP contribution in [0.1, 0.15) is 54.2 Å². The fourth-order valence-electron chi connectivity index (χ4n) is 4.67. The van der Waals surface area contributed by atoms with Gasteiger partial charge in [0.05, 0.1) is 5.92 Å². The molecule has 3 rings (SSSR count). The van der Waals surface area contributed by atoms with Crippen molar-refractivity contribution in [3.8, 4) is 11.1 Å². The number of hydrogen-bond acceptors (Lipinski definition) is 5. The van der Waals surface area contributed by atoms with Crippen molar-refractivity contribution in [1.29, 1.82) is 0 Å². The molecule has 0 aromatic heterocycles. The standard InChI is InChI=1S/C33H37F2NO5S/c1-20-8-6-7-9-26(20)28-18-21(10-11-27(28)30(37)36-29(31(38)39)12-13-42-5)14-23(32(40)41-33(2,3)4)15-22-16-24(34)19-25(35)17-22/h6-11,16-19,23,29H,12-15H2,1-5H3,(H,36,37)(H,38,39). The van der Waals surface area contributed by atoms with Crippen LogP contribution in [0.5, 0.6) is 0 Å². The van der Waals surface area contributed by atoms with Gasteiger partial charge in [-0.25, -0.2) is 13.6 Å². The summed E-state index contributed by atoms with van der Waals surface area (Å²) >= 11 is 1.49. The number of carbonyl (C=O) groups excluding carboxylic acids is 2. The molecule has 2 unspecified atom stereocenters. The van der Waals surface area contributed by atoms with Gasteiger partial charge in [0.2, 0.25) is 0 Å². The molecule has 3 aromatic rings. The van der Waals surface area contributed by atoms with E-state index in [0.717, 1.165) is 17.2 Å². The van der Waals surface area contributed by atoms with Crippen LogP contribution < -0.4 is 5.32 Å². The number of thioether (sulfide) groups is 1. The Labute approximate surface area is 249 Å². The van der Waals surface area contributed by atoms with Gasteiger partial charge in [-0.1, -0.05) is 36.4 Å². The maximum absolute atomic E-state index is 14.0. The van der Waals surface area contributed by atoms with Crippen LogP contribution in [0.25, 0.3) is 11.1 Å². The Kier molecular flexibility index (Phi) is 11.3. The van der Waals surface area contributed by atoms with E-state index in [1.807, 2.05) is 37.4 Å². The van der Waals surface area contributed by atoms with Crippen molar-refractivity contribution in [3.63, 3.8) is 0 Å². The first kappa shape index (κ1) is 32.8. The minimum atomic E-state index is -1.11. The van der Waals surface area contributed by atoms with Gasteiger partial charge in [-0.05, 0) is 105 Å². The number of aliphatic carboxylic acids is 1. The molecule has 6 nitrogen and oxygen atoms in total. The molecule has 9 heteroatoms. The fourth-order valence-corrected chi connectivity index (χ4v) is 5.14. The van der Waals surface area contributed by atoms with E-state index in [2.05, 4.69) is 5.32 Å². The molecular formula is C33H37F2NO5S. The third-order valence-electron chi connectivity index (χ3n) is 6.60. The number of hydrogen-bond donors (Lipinski definition) is 2. The zero-order valence-corrected chi connectivity index (χ0v) is 25.3. The number of carbonyl (C=O) groups is 3. The average molecular weight is 598 g/mol. The molecule has 0 saturated carbocycles. The summed E-state index contributed by atoms with van der Waals surface area (Å²) < 4.78 is 33.6. The van der Waals surface area contributed by atoms with Crippen molar-refractivity contribution in [2.45, 2.75) is 58.6 Å². The van der Waals surface area contributed by atoms with Crippen LogP contribution in [0.4, 0.5) is 8.78 Å². The average Bonchev–Trinajstić information content (AvgIpc) is 2.89. The second-order valence-corrected chi connectivity index (χ2v) is 12.2. The number of amides is 1. The van der Waals surface area contributed by atoms with Crippen molar-refractivity contribution in [2.75, 3.05) is 12.0 Å². The van der Waals surface area contributed by atoms with Crippen molar-refractivity contribution in [3.05, 3.63) is 94.6 Å². The number of esters is 1. The lowest BCUT2D eigenvalue weighted by Crippen LogP contribution is -2.41. The predicted molar refractivity (Wildman–Crippen MR) is 162 cm³/mol. The highest BCUT2D eigenvalue weighted by molar-refractivity contribution is 7.98. The van der Waals surface area contributed by atoms with Crippen molar-refractivity contribution in [2.24, 2.45) is 5.92 Å². The molecule has 224 valence electrons. The van der Waals surface area contributed by atoms with E-state index < -0.39 is 47.0 Å². The van der Waals surface area contributed by atoms with E-state index in [1.165, 1.54) is 23.9 Å². The topological polar surface area (TPSA) is 92.7 Å². The normalized spacial score (nSPS) is 12.8. The third-order valence-corrected chi connectivity index (χ3v) is 7.25. The van der Waals surface area contributed by atoms with Crippen molar-refractivity contribution >= 4 is 29.6 Å². The van der Waals surface area contributed by atoms with Gasteiger partial charge in [0.25, 0.3) is 5.91 Å². The summed E-state index contributed by atoms with van der Waals surface area (Å²) in [5.41, 5.74) is 2.81. The molecule has 1 amide bonds. The first-order valence-electron chi connectivity index (χ1n) is 13.7. The SMILES string of the molecule is CSCCC(NC(=O)c1ccc(CC(Cc2cc(F)cc(F)c2)C(=O)OC(C)(C)C)cc1-c1ccccc1C)C(=O)O. The Morgan fingerprint density at radius 3 is 2.17 bits per heavy atom. The molecule has 0 fully saturated rings. The lowest BCUT2D eigenvalue weighted by atomic mass is 9.88. The van der Waals surface area contributed by atoms with E-state index in [1.54, 1.807) is 39.0 Å². The first-order valence-corrected chi connectivity index (χ1v) is 15.1. The molecular weight excluding hydrogens is 560 g/mol. The van der Waals surface area contributed by atoms with Gasteiger partial charge in [0, 0.05) is 11.6 Å². The smallest absolute Gasteiger partial charge is 0.326 e. The third kappa shape index (κ3) is 9.41. The van der Waals surface area contributed by atoms with Gasteiger partial charge in [0.15, 0.2) is 0 Å². The van der Waals surface area contributed by atoms with Gasteiger partial charge in [-0.15, -0.1) is 0 Å². The molecule has 0 heterocycles. The summed E-state index contributed by atoms with van der Waals surface area (Å²) in [6.07, 6.45) is 2.36. The Morgan fingerprint density at radius 2 is 1.57 bits per heavy atom. The van der Waals surface area contributed by atoms with Crippen LogP contribution in [0, 0.1) is 24.5 Å². The fraction of sp³-hybridized carbons (Fsp3) is 0.364. The minimum Gasteiger partial charge on any atom is -0.480 e. The second kappa shape index (κ2) is 14.4. The van der Waals surface area contributed by atoms with E-state index in [0.29, 0.717) is 28.0 Å². The molecule has 2 N–H and O–H groups in total. The number of ether oxygens (including phenoxy) is 1. The number of carboxylic acids is 1. The van der Waals surface area contributed by atoms with Crippen LogP contribution in [0.2, 0.25) is 0 Å². The van der Waals surface area contributed by atoms with Crippen LogP contribution in [-0.4, -0.2) is 46.6 Å². The number of benzene rings is 3. The Bertz CT molecular complexity index is 1420. The second-order valence-electron chi connectivity index (χ2n) is 11.3. The highest BCUT2D eigenvalue weighted by Gasteiger charge is 2.28. The minimum absolute atomic E-state index is 0.0429. The quantitative estimate of drug-likeness (QED) is 0.228. The molecule has 0 aliphatic rings. The number of halogens is 2.